The average Bonchev–Trinajstić information content (AvgIpc) is 2.60. The van der Waals surface area contributed by atoms with Gasteiger partial charge in [0.25, 0.3) is 0 Å². The molecule has 3 aromatic rings. The van der Waals surface area contributed by atoms with Crippen molar-refractivity contribution < 1.29 is 9.59 Å². The first-order valence-corrected chi connectivity index (χ1v) is 8.04. The van der Waals surface area contributed by atoms with Gasteiger partial charge in [-0.2, -0.15) is 0 Å². The molecule has 0 bridgehead atoms. The fourth-order valence-electron chi connectivity index (χ4n) is 2.34. The fraction of sp³-hybridized carbons (Fsp3) is 0.0526. The van der Waals surface area contributed by atoms with Crippen LogP contribution in [0.4, 0.5) is 0 Å². The molecule has 0 unspecified atom stereocenters. The van der Waals surface area contributed by atoms with E-state index in [1.807, 2.05) is 42.5 Å². The molecule has 3 rings (SSSR count). The van der Waals surface area contributed by atoms with Crippen molar-refractivity contribution in [3.05, 3.63) is 83.4 Å². The van der Waals surface area contributed by atoms with E-state index in [-0.39, 0.29) is 0 Å². The molecule has 108 valence electrons. The summed E-state index contributed by atoms with van der Waals surface area (Å²) in [4.78, 5) is 24.7. The maximum Gasteiger partial charge on any atom is 0.233 e. The summed E-state index contributed by atoms with van der Waals surface area (Å²) in [7, 11) is 0. The highest BCUT2D eigenvalue weighted by molar-refractivity contribution is 9.08. The van der Waals surface area contributed by atoms with Gasteiger partial charge >= 0.3 is 0 Å². The Morgan fingerprint density at radius 2 is 1.32 bits per heavy atom. The molecule has 0 fully saturated rings. The zero-order chi connectivity index (χ0) is 15.5. The summed E-state index contributed by atoms with van der Waals surface area (Å²) < 4.78 is 0. The normalized spacial score (nSPS) is 10.6. The Balaban J connectivity index is 1.92. The van der Waals surface area contributed by atoms with Crippen LogP contribution in [0.1, 0.15) is 26.3 Å². The predicted octanol–water partition coefficient (Wildman–Crippen LogP) is 4.80. The van der Waals surface area contributed by atoms with Crippen molar-refractivity contribution in [1.82, 2.24) is 0 Å². The Labute approximate surface area is 136 Å². The van der Waals surface area contributed by atoms with E-state index in [2.05, 4.69) is 15.9 Å². The van der Waals surface area contributed by atoms with Crippen molar-refractivity contribution in [2.45, 2.75) is 5.33 Å². The van der Waals surface area contributed by atoms with Gasteiger partial charge in [0.05, 0.1) is 0 Å². The lowest BCUT2D eigenvalue weighted by atomic mass is 9.98. The minimum Gasteiger partial charge on any atom is -0.285 e. The van der Waals surface area contributed by atoms with Crippen LogP contribution in [-0.4, -0.2) is 11.6 Å². The number of carbonyl (C=O) groups excluding carboxylic acids is 2. The number of hydrogen-bond donors (Lipinski definition) is 0. The highest BCUT2D eigenvalue weighted by Gasteiger charge is 2.18. The SMILES string of the molecule is O=C(C(=O)c1ccc2ccccc2c1)c1ccc(CBr)cc1. The van der Waals surface area contributed by atoms with Gasteiger partial charge < -0.3 is 0 Å². The van der Waals surface area contributed by atoms with Crippen molar-refractivity contribution in [3.8, 4) is 0 Å². The molecular weight excluding hydrogens is 340 g/mol. The number of benzene rings is 3. The number of ketones is 2. The largest absolute Gasteiger partial charge is 0.285 e. The van der Waals surface area contributed by atoms with Crippen LogP contribution in [0.5, 0.6) is 0 Å². The second kappa shape index (κ2) is 6.24. The molecule has 3 heteroatoms. The third-order valence-electron chi connectivity index (χ3n) is 3.59. The third kappa shape index (κ3) is 2.85. The van der Waals surface area contributed by atoms with E-state index in [1.165, 1.54) is 0 Å². The molecule has 2 nitrogen and oxygen atoms in total. The lowest BCUT2D eigenvalue weighted by Crippen LogP contribution is -2.14. The predicted molar refractivity (Wildman–Crippen MR) is 91.7 cm³/mol. The van der Waals surface area contributed by atoms with Crippen LogP contribution in [0, 0.1) is 0 Å². The smallest absolute Gasteiger partial charge is 0.233 e. The van der Waals surface area contributed by atoms with Gasteiger partial charge in [0.2, 0.25) is 11.6 Å². The summed E-state index contributed by atoms with van der Waals surface area (Å²) in [6, 6.07) is 20.2. The van der Waals surface area contributed by atoms with Crippen molar-refractivity contribution in [2.75, 3.05) is 0 Å². The minimum absolute atomic E-state index is 0.419. The number of fused-ring (bicyclic) bond motifs is 1. The van der Waals surface area contributed by atoms with Crippen LogP contribution in [0.25, 0.3) is 10.8 Å². The first-order chi connectivity index (χ1) is 10.7. The van der Waals surface area contributed by atoms with Crippen LogP contribution in [0.3, 0.4) is 0 Å². The molecular formula is C19H13BrO2. The van der Waals surface area contributed by atoms with Crippen LogP contribution in [0.15, 0.2) is 66.7 Å². The topological polar surface area (TPSA) is 34.1 Å². The highest BCUT2D eigenvalue weighted by Crippen LogP contribution is 2.17. The quantitative estimate of drug-likeness (QED) is 0.384. The average molecular weight is 353 g/mol. The number of Topliss-reactive ketones (excluding diaryl/α,β-unsaturated/α-hetero) is 2. The Morgan fingerprint density at radius 1 is 0.727 bits per heavy atom. The first kappa shape index (κ1) is 14.7. The van der Waals surface area contributed by atoms with Crippen molar-refractivity contribution in [2.24, 2.45) is 0 Å². The van der Waals surface area contributed by atoms with E-state index in [1.54, 1.807) is 24.3 Å². The standard InChI is InChI=1S/C19H13BrO2/c20-12-13-5-7-15(8-6-13)18(21)19(22)17-10-9-14-3-1-2-4-16(14)11-17/h1-11H,12H2. The summed E-state index contributed by atoms with van der Waals surface area (Å²) >= 11 is 3.36. The molecule has 0 aliphatic rings. The van der Waals surface area contributed by atoms with Crippen LogP contribution in [0.2, 0.25) is 0 Å². The molecule has 0 aromatic heterocycles. The van der Waals surface area contributed by atoms with Crippen LogP contribution in [-0.2, 0) is 5.33 Å². The molecule has 0 amide bonds. The molecule has 0 spiro atoms. The number of halogens is 1. The monoisotopic (exact) mass is 352 g/mol. The fourth-order valence-corrected chi connectivity index (χ4v) is 2.71. The van der Waals surface area contributed by atoms with E-state index in [0.717, 1.165) is 21.7 Å². The van der Waals surface area contributed by atoms with Crippen molar-refractivity contribution in [3.63, 3.8) is 0 Å². The molecule has 3 aromatic carbocycles. The second-order valence-corrected chi connectivity index (χ2v) is 5.61. The molecule has 0 radical (unpaired) electrons. The summed E-state index contributed by atoms with van der Waals surface area (Å²) in [5.74, 6) is -0.950. The Kier molecular flexibility index (Phi) is 4.16. The van der Waals surface area contributed by atoms with E-state index < -0.39 is 11.6 Å². The zero-order valence-corrected chi connectivity index (χ0v) is 13.3. The Hall–Kier alpha value is -2.26. The molecule has 0 atom stereocenters. The molecule has 0 aliphatic heterocycles. The van der Waals surface area contributed by atoms with Gasteiger partial charge in [0.15, 0.2) is 0 Å². The Bertz CT molecular complexity index is 851. The highest BCUT2D eigenvalue weighted by atomic mass is 79.9. The van der Waals surface area contributed by atoms with E-state index in [4.69, 9.17) is 0 Å². The lowest BCUT2D eigenvalue weighted by Gasteiger charge is -2.04. The van der Waals surface area contributed by atoms with Gasteiger partial charge in [-0.05, 0) is 22.4 Å². The van der Waals surface area contributed by atoms with Crippen molar-refractivity contribution in [1.29, 1.82) is 0 Å². The molecule has 0 saturated carbocycles. The summed E-state index contributed by atoms with van der Waals surface area (Å²) in [6.07, 6.45) is 0. The number of alkyl halides is 1. The zero-order valence-electron chi connectivity index (χ0n) is 11.8. The number of rotatable bonds is 4. The van der Waals surface area contributed by atoms with Gasteiger partial charge in [-0.15, -0.1) is 0 Å². The van der Waals surface area contributed by atoms with Gasteiger partial charge in [0.1, 0.15) is 0 Å². The second-order valence-electron chi connectivity index (χ2n) is 5.05. The lowest BCUT2D eigenvalue weighted by molar-refractivity contribution is 0.0817. The van der Waals surface area contributed by atoms with Gasteiger partial charge in [-0.3, -0.25) is 9.59 Å². The molecule has 0 heterocycles. The van der Waals surface area contributed by atoms with E-state index in [0.29, 0.717) is 11.1 Å². The summed E-state index contributed by atoms with van der Waals surface area (Å²) in [5, 5.41) is 2.73. The molecule has 0 aliphatic carbocycles. The maximum atomic E-state index is 12.4. The molecule has 22 heavy (non-hydrogen) atoms. The molecule has 0 N–H and O–H groups in total. The van der Waals surface area contributed by atoms with E-state index in [9.17, 15) is 9.59 Å². The summed E-state index contributed by atoms with van der Waals surface area (Å²) in [6.45, 7) is 0. The number of carbonyl (C=O) groups is 2. The van der Waals surface area contributed by atoms with Crippen molar-refractivity contribution >= 4 is 38.3 Å². The van der Waals surface area contributed by atoms with Crippen LogP contribution < -0.4 is 0 Å². The minimum atomic E-state index is -0.476. The maximum absolute atomic E-state index is 12.4. The van der Waals surface area contributed by atoms with Gasteiger partial charge in [-0.1, -0.05) is 76.6 Å². The summed E-state index contributed by atoms with van der Waals surface area (Å²) in [5.41, 5.74) is 1.91. The Morgan fingerprint density at radius 3 is 2.00 bits per heavy atom. The first-order valence-electron chi connectivity index (χ1n) is 6.92. The van der Waals surface area contributed by atoms with Gasteiger partial charge in [-0.25, -0.2) is 0 Å². The molecule has 0 saturated heterocycles. The van der Waals surface area contributed by atoms with E-state index >= 15 is 0 Å². The third-order valence-corrected chi connectivity index (χ3v) is 4.24. The number of hydrogen-bond acceptors (Lipinski definition) is 2. The van der Waals surface area contributed by atoms with Gasteiger partial charge in [0, 0.05) is 16.5 Å². The van der Waals surface area contributed by atoms with Crippen LogP contribution >= 0.6 is 15.9 Å².